The highest BCUT2D eigenvalue weighted by Gasteiger charge is 2.06. The zero-order chi connectivity index (χ0) is 9.26. The zero-order valence-electron chi connectivity index (χ0n) is 7.37. The summed E-state index contributed by atoms with van der Waals surface area (Å²) in [6, 6.07) is 2.06. The van der Waals surface area contributed by atoms with Crippen LogP contribution in [-0.4, -0.2) is 23.3 Å². The summed E-state index contributed by atoms with van der Waals surface area (Å²) >= 11 is 3.29. The Labute approximate surface area is 84.6 Å². The highest BCUT2D eigenvalue weighted by molar-refractivity contribution is 7.98. The Bertz CT molecular complexity index is 424. The molecule has 3 nitrogen and oxygen atoms in total. The first-order valence-electron chi connectivity index (χ1n) is 3.82. The van der Waals surface area contributed by atoms with Gasteiger partial charge in [-0.25, -0.2) is 9.97 Å². The van der Waals surface area contributed by atoms with Crippen LogP contribution in [0, 0.1) is 0 Å². The van der Waals surface area contributed by atoms with Gasteiger partial charge in [0.05, 0.1) is 0 Å². The average Bonchev–Trinajstić information content (AvgIpc) is 2.63. The number of hydrogen-bond acceptors (Lipinski definition) is 5. The fourth-order valence-electron chi connectivity index (χ4n) is 1.10. The number of aromatic nitrogens is 2. The summed E-state index contributed by atoms with van der Waals surface area (Å²) in [7, 11) is 1.83. The molecule has 2 rings (SSSR count). The van der Waals surface area contributed by atoms with Crippen LogP contribution in [0.1, 0.15) is 0 Å². The molecule has 13 heavy (non-hydrogen) atoms. The predicted octanol–water partition coefficient (Wildman–Crippen LogP) is 2.45. The van der Waals surface area contributed by atoms with E-state index < -0.39 is 0 Å². The molecule has 1 N–H and O–H groups in total. The Morgan fingerprint density at radius 1 is 1.46 bits per heavy atom. The van der Waals surface area contributed by atoms with Crippen LogP contribution in [0.3, 0.4) is 0 Å². The van der Waals surface area contributed by atoms with E-state index in [0.717, 1.165) is 15.2 Å². The summed E-state index contributed by atoms with van der Waals surface area (Å²) < 4.78 is 0. The van der Waals surface area contributed by atoms with Crippen molar-refractivity contribution >= 4 is 39.3 Å². The van der Waals surface area contributed by atoms with Crippen LogP contribution in [0.5, 0.6) is 0 Å². The van der Waals surface area contributed by atoms with Gasteiger partial charge in [0.1, 0.15) is 9.86 Å². The Morgan fingerprint density at radius 2 is 2.31 bits per heavy atom. The second kappa shape index (κ2) is 3.51. The number of rotatable bonds is 2. The molecule has 0 saturated carbocycles. The second-order valence-electron chi connectivity index (χ2n) is 2.45. The molecule has 0 aromatic carbocycles. The highest BCUT2D eigenvalue weighted by atomic mass is 32.2. The molecule has 0 spiro atoms. The summed E-state index contributed by atoms with van der Waals surface area (Å²) in [4.78, 5) is 9.75. The fraction of sp³-hybridized carbons (Fsp3) is 0.250. The van der Waals surface area contributed by atoms with Gasteiger partial charge in [0, 0.05) is 12.4 Å². The normalized spacial score (nSPS) is 10.6. The van der Waals surface area contributed by atoms with Crippen LogP contribution in [-0.2, 0) is 0 Å². The first-order valence-corrected chi connectivity index (χ1v) is 5.92. The van der Waals surface area contributed by atoms with Crippen molar-refractivity contribution in [1.29, 1.82) is 0 Å². The van der Waals surface area contributed by atoms with Crippen molar-refractivity contribution in [2.24, 2.45) is 0 Å². The molecule has 0 aliphatic rings. The van der Waals surface area contributed by atoms with Gasteiger partial charge in [-0.2, -0.15) is 0 Å². The number of anilines is 1. The molecular formula is C8H9N3S2. The Morgan fingerprint density at radius 3 is 3.00 bits per heavy atom. The molecule has 0 saturated heterocycles. The van der Waals surface area contributed by atoms with Gasteiger partial charge in [0.2, 0.25) is 5.95 Å². The third-order valence-corrected chi connectivity index (χ3v) is 3.21. The Balaban J connectivity index is 2.70. The molecule has 68 valence electrons. The maximum absolute atomic E-state index is 4.36. The number of nitrogens with zero attached hydrogens (tertiary/aromatic N) is 2. The SMILES string of the molecule is CNc1nc(SC)c2ccsc2n1. The minimum absolute atomic E-state index is 0.694. The van der Waals surface area contributed by atoms with Crippen molar-refractivity contribution < 1.29 is 0 Å². The maximum atomic E-state index is 4.36. The molecule has 0 aliphatic carbocycles. The van der Waals surface area contributed by atoms with Gasteiger partial charge >= 0.3 is 0 Å². The van der Waals surface area contributed by atoms with E-state index in [2.05, 4.69) is 21.4 Å². The average molecular weight is 211 g/mol. The van der Waals surface area contributed by atoms with Crippen molar-refractivity contribution in [3.05, 3.63) is 11.4 Å². The molecule has 0 radical (unpaired) electrons. The second-order valence-corrected chi connectivity index (χ2v) is 4.14. The number of nitrogens with one attached hydrogen (secondary N) is 1. The highest BCUT2D eigenvalue weighted by Crippen LogP contribution is 2.27. The van der Waals surface area contributed by atoms with Gasteiger partial charge in [-0.1, -0.05) is 0 Å². The first-order chi connectivity index (χ1) is 6.35. The lowest BCUT2D eigenvalue weighted by Crippen LogP contribution is -1.96. The standard InChI is InChI=1S/C8H9N3S2/c1-9-8-10-6(12-2)5-3-4-13-7(5)11-8/h3-4H,1-2H3,(H,9,10,11). The van der Waals surface area contributed by atoms with E-state index in [4.69, 9.17) is 0 Å². The van der Waals surface area contributed by atoms with E-state index in [9.17, 15) is 0 Å². The summed E-state index contributed by atoms with van der Waals surface area (Å²) in [5, 5.41) is 7.18. The van der Waals surface area contributed by atoms with Gasteiger partial charge in [-0.05, 0) is 17.7 Å². The maximum Gasteiger partial charge on any atom is 0.224 e. The van der Waals surface area contributed by atoms with Crippen molar-refractivity contribution in [3.63, 3.8) is 0 Å². The summed E-state index contributed by atoms with van der Waals surface area (Å²) in [6.45, 7) is 0. The van der Waals surface area contributed by atoms with E-state index in [1.54, 1.807) is 23.1 Å². The lowest BCUT2D eigenvalue weighted by Gasteiger charge is -2.01. The Kier molecular flexibility index (Phi) is 2.37. The van der Waals surface area contributed by atoms with E-state index in [0.29, 0.717) is 5.95 Å². The number of thioether (sulfide) groups is 1. The minimum atomic E-state index is 0.694. The van der Waals surface area contributed by atoms with E-state index in [-0.39, 0.29) is 0 Å². The zero-order valence-corrected chi connectivity index (χ0v) is 9.00. The van der Waals surface area contributed by atoms with Crippen LogP contribution >= 0.6 is 23.1 Å². The smallest absolute Gasteiger partial charge is 0.224 e. The Hall–Kier alpha value is -0.810. The van der Waals surface area contributed by atoms with Gasteiger partial charge in [-0.3, -0.25) is 0 Å². The molecule has 0 atom stereocenters. The first kappa shape index (κ1) is 8.77. The van der Waals surface area contributed by atoms with Gasteiger partial charge in [-0.15, -0.1) is 23.1 Å². The minimum Gasteiger partial charge on any atom is -0.357 e. The summed E-state index contributed by atoms with van der Waals surface area (Å²) in [6.07, 6.45) is 2.03. The summed E-state index contributed by atoms with van der Waals surface area (Å²) in [5.41, 5.74) is 0. The third-order valence-electron chi connectivity index (χ3n) is 1.71. The molecule has 0 fully saturated rings. The largest absolute Gasteiger partial charge is 0.357 e. The monoisotopic (exact) mass is 211 g/mol. The lowest BCUT2D eigenvalue weighted by atomic mass is 10.4. The van der Waals surface area contributed by atoms with Crippen LogP contribution in [0.4, 0.5) is 5.95 Å². The van der Waals surface area contributed by atoms with E-state index in [1.807, 2.05) is 18.7 Å². The molecule has 2 aromatic rings. The van der Waals surface area contributed by atoms with Crippen molar-refractivity contribution in [2.75, 3.05) is 18.6 Å². The predicted molar refractivity (Wildman–Crippen MR) is 58.7 cm³/mol. The molecule has 0 bridgehead atoms. The van der Waals surface area contributed by atoms with Crippen LogP contribution < -0.4 is 5.32 Å². The van der Waals surface area contributed by atoms with Gasteiger partial charge in [0.15, 0.2) is 0 Å². The fourth-order valence-corrected chi connectivity index (χ4v) is 2.49. The van der Waals surface area contributed by atoms with E-state index in [1.165, 1.54) is 0 Å². The molecule has 2 heterocycles. The quantitative estimate of drug-likeness (QED) is 0.611. The van der Waals surface area contributed by atoms with E-state index >= 15 is 0 Å². The van der Waals surface area contributed by atoms with Crippen LogP contribution in [0.25, 0.3) is 10.2 Å². The van der Waals surface area contributed by atoms with Gasteiger partial charge in [0.25, 0.3) is 0 Å². The molecule has 5 heteroatoms. The molecule has 0 aliphatic heterocycles. The van der Waals surface area contributed by atoms with Crippen molar-refractivity contribution in [2.45, 2.75) is 5.03 Å². The third kappa shape index (κ3) is 1.49. The summed E-state index contributed by atoms with van der Waals surface area (Å²) in [5.74, 6) is 0.694. The van der Waals surface area contributed by atoms with Crippen molar-refractivity contribution in [1.82, 2.24) is 9.97 Å². The van der Waals surface area contributed by atoms with Crippen molar-refractivity contribution in [3.8, 4) is 0 Å². The topological polar surface area (TPSA) is 37.8 Å². The molecule has 2 aromatic heterocycles. The van der Waals surface area contributed by atoms with Gasteiger partial charge < -0.3 is 5.32 Å². The van der Waals surface area contributed by atoms with Crippen LogP contribution in [0.15, 0.2) is 16.5 Å². The number of thiophene rings is 1. The number of fused-ring (bicyclic) bond motifs is 1. The molecular weight excluding hydrogens is 202 g/mol. The molecule has 0 unspecified atom stereocenters. The lowest BCUT2D eigenvalue weighted by molar-refractivity contribution is 1.10. The number of hydrogen-bond donors (Lipinski definition) is 1. The van der Waals surface area contributed by atoms with Crippen LogP contribution in [0.2, 0.25) is 0 Å². The molecule has 0 amide bonds.